The Bertz CT molecular complexity index is 427. The van der Waals surface area contributed by atoms with Gasteiger partial charge in [0.15, 0.2) is 0 Å². The van der Waals surface area contributed by atoms with E-state index in [0.717, 1.165) is 18.4 Å². The summed E-state index contributed by atoms with van der Waals surface area (Å²) in [5, 5.41) is 2.29. The van der Waals surface area contributed by atoms with Gasteiger partial charge in [0.05, 0.1) is 11.1 Å². The third-order valence-corrected chi connectivity index (χ3v) is 2.50. The van der Waals surface area contributed by atoms with Crippen molar-refractivity contribution in [3.63, 3.8) is 0 Å². The van der Waals surface area contributed by atoms with Crippen LogP contribution in [-0.2, 0) is 6.42 Å². The van der Waals surface area contributed by atoms with Crippen molar-refractivity contribution >= 4 is 11.8 Å². The zero-order chi connectivity index (χ0) is 10.8. The predicted molar refractivity (Wildman–Crippen MR) is 55.6 cm³/mol. The monoisotopic (exact) mass is 204 g/mol. The molecule has 0 radical (unpaired) electrons. The summed E-state index contributed by atoms with van der Waals surface area (Å²) in [6.45, 7) is 0.583. The summed E-state index contributed by atoms with van der Waals surface area (Å²) in [6.07, 6.45) is 1.55. The largest absolute Gasteiger partial charge is 0.330 e. The van der Waals surface area contributed by atoms with Crippen LogP contribution in [-0.4, -0.2) is 18.4 Å². The molecule has 1 aliphatic rings. The lowest BCUT2D eigenvalue weighted by atomic mass is 9.99. The molecule has 0 unspecified atom stereocenters. The number of nitrogens with one attached hydrogen (secondary N) is 1. The Morgan fingerprint density at radius 2 is 2.00 bits per heavy atom. The first-order valence-electron chi connectivity index (χ1n) is 4.91. The summed E-state index contributed by atoms with van der Waals surface area (Å²) in [7, 11) is 0. The second-order valence-electron chi connectivity index (χ2n) is 3.52. The number of hydrogen-bond acceptors (Lipinski definition) is 3. The van der Waals surface area contributed by atoms with Crippen molar-refractivity contribution in [3.8, 4) is 0 Å². The molecule has 0 saturated carbocycles. The number of nitrogens with two attached hydrogens (primary N) is 1. The van der Waals surface area contributed by atoms with Gasteiger partial charge in [0, 0.05) is 0 Å². The normalized spacial score (nSPS) is 13.9. The Labute approximate surface area is 87.5 Å². The zero-order valence-corrected chi connectivity index (χ0v) is 8.25. The van der Waals surface area contributed by atoms with Crippen molar-refractivity contribution in [1.82, 2.24) is 5.32 Å². The highest BCUT2D eigenvalue weighted by Gasteiger charge is 2.28. The molecule has 0 aliphatic carbocycles. The number of hydrogen-bond donors (Lipinski definition) is 2. The molecule has 0 fully saturated rings. The quantitative estimate of drug-likeness (QED) is 0.702. The SMILES string of the molecule is NCCCc1cccc2c1C(=O)NC2=O. The van der Waals surface area contributed by atoms with Crippen LogP contribution < -0.4 is 11.1 Å². The highest BCUT2D eigenvalue weighted by molar-refractivity contribution is 6.22. The van der Waals surface area contributed by atoms with Crippen LogP contribution in [0.3, 0.4) is 0 Å². The van der Waals surface area contributed by atoms with Crippen LogP contribution in [0.2, 0.25) is 0 Å². The molecule has 1 aromatic rings. The molecule has 78 valence electrons. The molecule has 1 aromatic carbocycles. The molecule has 0 bridgehead atoms. The number of amides is 2. The smallest absolute Gasteiger partial charge is 0.259 e. The molecule has 0 atom stereocenters. The first kappa shape index (κ1) is 9.86. The van der Waals surface area contributed by atoms with Crippen molar-refractivity contribution in [3.05, 3.63) is 34.9 Å². The molecule has 2 rings (SSSR count). The summed E-state index contributed by atoms with van der Waals surface area (Å²) in [5.74, 6) is -0.591. The minimum Gasteiger partial charge on any atom is -0.330 e. The summed E-state index contributed by atoms with van der Waals surface area (Å²) in [5.41, 5.74) is 7.33. The summed E-state index contributed by atoms with van der Waals surface area (Å²) < 4.78 is 0. The lowest BCUT2D eigenvalue weighted by Crippen LogP contribution is -2.20. The van der Waals surface area contributed by atoms with Crippen LogP contribution in [0.25, 0.3) is 0 Å². The van der Waals surface area contributed by atoms with Gasteiger partial charge in [-0.2, -0.15) is 0 Å². The van der Waals surface area contributed by atoms with E-state index in [1.807, 2.05) is 6.07 Å². The Balaban J connectivity index is 2.41. The Morgan fingerprint density at radius 3 is 2.73 bits per heavy atom. The van der Waals surface area contributed by atoms with E-state index >= 15 is 0 Å². The van der Waals surface area contributed by atoms with E-state index in [-0.39, 0.29) is 11.8 Å². The van der Waals surface area contributed by atoms with Crippen LogP contribution in [0.1, 0.15) is 32.7 Å². The van der Waals surface area contributed by atoms with Crippen LogP contribution in [0, 0.1) is 0 Å². The number of carbonyl (C=O) groups excluding carboxylic acids is 2. The lowest BCUT2D eigenvalue weighted by Gasteiger charge is -2.03. The van der Waals surface area contributed by atoms with E-state index in [2.05, 4.69) is 5.32 Å². The van der Waals surface area contributed by atoms with Crippen molar-refractivity contribution < 1.29 is 9.59 Å². The number of carbonyl (C=O) groups is 2. The van der Waals surface area contributed by atoms with Gasteiger partial charge in [0.2, 0.25) is 0 Å². The highest BCUT2D eigenvalue weighted by Crippen LogP contribution is 2.20. The predicted octanol–water partition coefficient (Wildman–Crippen LogP) is 0.462. The first-order chi connectivity index (χ1) is 7.24. The number of aryl methyl sites for hydroxylation is 1. The van der Waals surface area contributed by atoms with Gasteiger partial charge < -0.3 is 5.73 Å². The summed E-state index contributed by atoms with van der Waals surface area (Å²) in [4.78, 5) is 22.8. The summed E-state index contributed by atoms with van der Waals surface area (Å²) >= 11 is 0. The van der Waals surface area contributed by atoms with Gasteiger partial charge in [-0.3, -0.25) is 14.9 Å². The maximum absolute atomic E-state index is 11.5. The molecule has 4 nitrogen and oxygen atoms in total. The minimum absolute atomic E-state index is 0.289. The van der Waals surface area contributed by atoms with E-state index < -0.39 is 0 Å². The van der Waals surface area contributed by atoms with Crippen molar-refractivity contribution in [2.75, 3.05) is 6.54 Å². The first-order valence-corrected chi connectivity index (χ1v) is 4.91. The molecule has 0 spiro atoms. The molecule has 0 aromatic heterocycles. The van der Waals surface area contributed by atoms with Crippen molar-refractivity contribution in [1.29, 1.82) is 0 Å². The zero-order valence-electron chi connectivity index (χ0n) is 8.25. The number of imide groups is 1. The highest BCUT2D eigenvalue weighted by atomic mass is 16.2. The molecule has 1 aliphatic heterocycles. The van der Waals surface area contributed by atoms with Gasteiger partial charge in [0.25, 0.3) is 11.8 Å². The molecular formula is C11H12N2O2. The van der Waals surface area contributed by atoms with Crippen LogP contribution in [0.5, 0.6) is 0 Å². The van der Waals surface area contributed by atoms with Gasteiger partial charge >= 0.3 is 0 Å². The van der Waals surface area contributed by atoms with Crippen molar-refractivity contribution in [2.45, 2.75) is 12.8 Å². The van der Waals surface area contributed by atoms with E-state index in [1.54, 1.807) is 12.1 Å². The van der Waals surface area contributed by atoms with E-state index in [0.29, 0.717) is 17.7 Å². The van der Waals surface area contributed by atoms with Gasteiger partial charge in [0.1, 0.15) is 0 Å². The third kappa shape index (κ3) is 1.64. The molecule has 4 heteroatoms. The molecule has 15 heavy (non-hydrogen) atoms. The standard InChI is InChI=1S/C11H12N2O2/c12-6-2-4-7-3-1-5-8-9(7)11(15)13-10(8)14/h1,3,5H,2,4,6,12H2,(H,13,14,15). The molecular weight excluding hydrogens is 192 g/mol. The maximum atomic E-state index is 11.5. The van der Waals surface area contributed by atoms with Crippen LogP contribution >= 0.6 is 0 Å². The second kappa shape index (κ2) is 3.82. The van der Waals surface area contributed by atoms with E-state index in [9.17, 15) is 9.59 Å². The number of rotatable bonds is 3. The lowest BCUT2D eigenvalue weighted by molar-refractivity contribution is 0.0879. The Hall–Kier alpha value is -1.68. The van der Waals surface area contributed by atoms with Crippen LogP contribution in [0.4, 0.5) is 0 Å². The Morgan fingerprint density at radius 1 is 1.20 bits per heavy atom. The topological polar surface area (TPSA) is 72.2 Å². The molecule has 3 N–H and O–H groups in total. The van der Waals surface area contributed by atoms with Gasteiger partial charge in [-0.1, -0.05) is 12.1 Å². The molecule has 0 saturated heterocycles. The van der Waals surface area contributed by atoms with Crippen LogP contribution in [0.15, 0.2) is 18.2 Å². The average molecular weight is 204 g/mol. The number of fused-ring (bicyclic) bond motifs is 1. The molecule has 1 heterocycles. The third-order valence-electron chi connectivity index (χ3n) is 2.50. The maximum Gasteiger partial charge on any atom is 0.259 e. The van der Waals surface area contributed by atoms with E-state index in [4.69, 9.17) is 5.73 Å². The number of benzene rings is 1. The Kier molecular flexibility index (Phi) is 2.51. The fourth-order valence-corrected chi connectivity index (χ4v) is 1.79. The minimum atomic E-state index is -0.301. The fraction of sp³-hybridized carbons (Fsp3) is 0.273. The fourth-order valence-electron chi connectivity index (χ4n) is 1.79. The van der Waals surface area contributed by atoms with Gasteiger partial charge in [-0.25, -0.2) is 0 Å². The molecule has 2 amide bonds. The van der Waals surface area contributed by atoms with Crippen molar-refractivity contribution in [2.24, 2.45) is 5.73 Å². The van der Waals surface area contributed by atoms with E-state index in [1.165, 1.54) is 0 Å². The van der Waals surface area contributed by atoms with Gasteiger partial charge in [-0.05, 0) is 31.0 Å². The van der Waals surface area contributed by atoms with Gasteiger partial charge in [-0.15, -0.1) is 0 Å². The second-order valence-corrected chi connectivity index (χ2v) is 3.52. The average Bonchev–Trinajstić information content (AvgIpc) is 2.53. The summed E-state index contributed by atoms with van der Waals surface area (Å²) in [6, 6.07) is 5.33.